The third-order valence-electron chi connectivity index (χ3n) is 2.28. The molecule has 0 saturated heterocycles. The van der Waals surface area contributed by atoms with E-state index < -0.39 is 0 Å². The molecule has 6 nitrogen and oxygen atoms in total. The standard InChI is InChI=1S/C12H22N4O2/c1-4-6-10-14-11(16-15-10)12(17)13-7-5-8-18-9(2)3/h9H,4-8H2,1-3H3,(H,13,17)(H,14,15,16). The molecule has 0 aliphatic heterocycles. The topological polar surface area (TPSA) is 79.9 Å². The molecule has 1 heterocycles. The highest BCUT2D eigenvalue weighted by atomic mass is 16.5. The number of rotatable bonds is 8. The van der Waals surface area contributed by atoms with Crippen LogP contribution in [-0.4, -0.2) is 40.3 Å². The maximum Gasteiger partial charge on any atom is 0.290 e. The molecule has 18 heavy (non-hydrogen) atoms. The zero-order chi connectivity index (χ0) is 13.4. The van der Waals surface area contributed by atoms with Crippen molar-refractivity contribution in [3.63, 3.8) is 0 Å². The minimum absolute atomic E-state index is 0.211. The van der Waals surface area contributed by atoms with E-state index in [2.05, 4.69) is 27.4 Å². The Kier molecular flexibility index (Phi) is 6.35. The van der Waals surface area contributed by atoms with Crippen LogP contribution in [0.2, 0.25) is 0 Å². The number of aryl methyl sites for hydroxylation is 1. The van der Waals surface area contributed by atoms with Crippen LogP contribution in [0.3, 0.4) is 0 Å². The van der Waals surface area contributed by atoms with E-state index in [-0.39, 0.29) is 17.8 Å². The first kappa shape index (κ1) is 14.6. The molecule has 0 radical (unpaired) electrons. The number of carbonyl (C=O) groups is 1. The zero-order valence-electron chi connectivity index (χ0n) is 11.3. The highest BCUT2D eigenvalue weighted by Gasteiger charge is 2.11. The Morgan fingerprint density at radius 1 is 1.50 bits per heavy atom. The third kappa shape index (κ3) is 5.27. The molecule has 0 bridgehead atoms. The molecule has 1 amide bonds. The van der Waals surface area contributed by atoms with E-state index in [0.29, 0.717) is 13.2 Å². The number of ether oxygens (including phenoxy) is 1. The van der Waals surface area contributed by atoms with Crippen molar-refractivity contribution in [2.45, 2.75) is 46.1 Å². The molecule has 1 aromatic rings. The lowest BCUT2D eigenvalue weighted by molar-refractivity contribution is 0.0756. The van der Waals surface area contributed by atoms with E-state index >= 15 is 0 Å². The van der Waals surface area contributed by atoms with Gasteiger partial charge in [-0.15, -0.1) is 5.10 Å². The molecule has 2 N–H and O–H groups in total. The van der Waals surface area contributed by atoms with Crippen LogP contribution in [0.25, 0.3) is 0 Å². The normalized spacial score (nSPS) is 10.9. The molecule has 0 unspecified atom stereocenters. The largest absolute Gasteiger partial charge is 0.379 e. The van der Waals surface area contributed by atoms with Crippen LogP contribution in [-0.2, 0) is 11.2 Å². The van der Waals surface area contributed by atoms with E-state index in [9.17, 15) is 4.79 Å². The summed E-state index contributed by atoms with van der Waals surface area (Å²) in [6.45, 7) is 7.25. The fourth-order valence-corrected chi connectivity index (χ4v) is 1.42. The second-order valence-corrected chi connectivity index (χ2v) is 4.38. The average molecular weight is 254 g/mol. The first-order valence-electron chi connectivity index (χ1n) is 6.44. The van der Waals surface area contributed by atoms with Gasteiger partial charge >= 0.3 is 0 Å². The number of nitrogens with zero attached hydrogens (tertiary/aromatic N) is 2. The zero-order valence-corrected chi connectivity index (χ0v) is 11.3. The number of aromatic nitrogens is 3. The van der Waals surface area contributed by atoms with Crippen molar-refractivity contribution < 1.29 is 9.53 Å². The number of nitrogens with one attached hydrogen (secondary N) is 2. The molecule has 0 atom stereocenters. The van der Waals surface area contributed by atoms with Crippen LogP contribution >= 0.6 is 0 Å². The predicted octanol–water partition coefficient (Wildman–Crippen LogP) is 1.30. The van der Waals surface area contributed by atoms with Crippen LogP contribution in [0.4, 0.5) is 0 Å². The van der Waals surface area contributed by atoms with Crippen LogP contribution < -0.4 is 5.32 Å². The Labute approximate surface area is 108 Å². The quantitative estimate of drug-likeness (QED) is 0.685. The van der Waals surface area contributed by atoms with E-state index in [1.54, 1.807) is 0 Å². The first-order valence-corrected chi connectivity index (χ1v) is 6.44. The van der Waals surface area contributed by atoms with Gasteiger partial charge in [-0.2, -0.15) is 0 Å². The number of hydrogen-bond acceptors (Lipinski definition) is 4. The number of aromatic amines is 1. The van der Waals surface area contributed by atoms with Gasteiger partial charge in [0.2, 0.25) is 5.82 Å². The molecule has 6 heteroatoms. The molecule has 0 aliphatic carbocycles. The average Bonchev–Trinajstić information content (AvgIpc) is 2.77. The number of amides is 1. The van der Waals surface area contributed by atoms with E-state index in [1.807, 2.05) is 13.8 Å². The van der Waals surface area contributed by atoms with Gasteiger partial charge in [-0.25, -0.2) is 4.98 Å². The molecule has 0 saturated carbocycles. The summed E-state index contributed by atoms with van der Waals surface area (Å²) in [4.78, 5) is 15.8. The second kappa shape index (κ2) is 7.81. The predicted molar refractivity (Wildman–Crippen MR) is 68.4 cm³/mol. The van der Waals surface area contributed by atoms with Crippen LogP contribution in [0, 0.1) is 0 Å². The third-order valence-corrected chi connectivity index (χ3v) is 2.28. The highest BCUT2D eigenvalue weighted by molar-refractivity contribution is 5.90. The maximum absolute atomic E-state index is 11.7. The summed E-state index contributed by atoms with van der Waals surface area (Å²) in [6.07, 6.45) is 2.80. The Balaban J connectivity index is 2.23. The monoisotopic (exact) mass is 254 g/mol. The van der Waals surface area contributed by atoms with E-state index in [4.69, 9.17) is 4.74 Å². The van der Waals surface area contributed by atoms with Crippen molar-refractivity contribution in [1.82, 2.24) is 20.5 Å². The van der Waals surface area contributed by atoms with Crippen LogP contribution in [0.1, 0.15) is 50.1 Å². The van der Waals surface area contributed by atoms with Crippen LogP contribution in [0.5, 0.6) is 0 Å². The van der Waals surface area contributed by atoms with Crippen molar-refractivity contribution in [2.24, 2.45) is 0 Å². The molecule has 102 valence electrons. The van der Waals surface area contributed by atoms with Gasteiger partial charge in [-0.3, -0.25) is 9.89 Å². The summed E-state index contributed by atoms with van der Waals surface area (Å²) in [5.74, 6) is 0.729. The first-order chi connectivity index (χ1) is 8.63. The summed E-state index contributed by atoms with van der Waals surface area (Å²) < 4.78 is 5.38. The van der Waals surface area contributed by atoms with Crippen molar-refractivity contribution >= 4 is 5.91 Å². The van der Waals surface area contributed by atoms with Gasteiger partial charge in [0.25, 0.3) is 5.91 Å². The van der Waals surface area contributed by atoms with Gasteiger partial charge in [-0.05, 0) is 26.7 Å². The van der Waals surface area contributed by atoms with E-state index in [0.717, 1.165) is 25.1 Å². The minimum Gasteiger partial charge on any atom is -0.379 e. The summed E-state index contributed by atoms with van der Waals surface area (Å²) in [5, 5.41) is 9.40. The number of hydrogen-bond donors (Lipinski definition) is 2. The second-order valence-electron chi connectivity index (χ2n) is 4.38. The summed E-state index contributed by atoms with van der Waals surface area (Å²) >= 11 is 0. The minimum atomic E-state index is -0.238. The van der Waals surface area contributed by atoms with E-state index in [1.165, 1.54) is 0 Å². The molecule has 0 fully saturated rings. The molecule has 0 aliphatic rings. The van der Waals surface area contributed by atoms with Crippen LogP contribution in [0.15, 0.2) is 0 Å². The van der Waals surface area contributed by atoms with Crippen molar-refractivity contribution in [1.29, 1.82) is 0 Å². The molecule has 1 rings (SSSR count). The van der Waals surface area contributed by atoms with Crippen molar-refractivity contribution in [3.8, 4) is 0 Å². The molecule has 0 aromatic carbocycles. The van der Waals surface area contributed by atoms with Crippen molar-refractivity contribution in [2.75, 3.05) is 13.2 Å². The molecular weight excluding hydrogens is 232 g/mol. The lowest BCUT2D eigenvalue weighted by atomic mass is 10.3. The summed E-state index contributed by atoms with van der Waals surface area (Å²) in [7, 11) is 0. The highest BCUT2D eigenvalue weighted by Crippen LogP contribution is 1.96. The van der Waals surface area contributed by atoms with Gasteiger partial charge in [0.15, 0.2) is 0 Å². The smallest absolute Gasteiger partial charge is 0.290 e. The summed E-state index contributed by atoms with van der Waals surface area (Å²) in [5.41, 5.74) is 0. The lowest BCUT2D eigenvalue weighted by Gasteiger charge is -2.07. The SMILES string of the molecule is CCCc1nc(C(=O)NCCCOC(C)C)n[nH]1. The van der Waals surface area contributed by atoms with Gasteiger partial charge in [0, 0.05) is 19.6 Å². The number of carbonyl (C=O) groups excluding carboxylic acids is 1. The fourth-order valence-electron chi connectivity index (χ4n) is 1.42. The van der Waals surface area contributed by atoms with Gasteiger partial charge in [-0.1, -0.05) is 6.92 Å². The molecular formula is C12H22N4O2. The number of H-pyrrole nitrogens is 1. The van der Waals surface area contributed by atoms with Crippen molar-refractivity contribution in [3.05, 3.63) is 11.6 Å². The molecule has 0 spiro atoms. The van der Waals surface area contributed by atoms with Gasteiger partial charge < -0.3 is 10.1 Å². The van der Waals surface area contributed by atoms with Gasteiger partial charge in [0.05, 0.1) is 6.10 Å². The Morgan fingerprint density at radius 3 is 2.94 bits per heavy atom. The Morgan fingerprint density at radius 2 is 2.28 bits per heavy atom. The summed E-state index contributed by atoms with van der Waals surface area (Å²) in [6, 6.07) is 0. The Bertz CT molecular complexity index is 363. The molecule has 1 aromatic heterocycles. The van der Waals surface area contributed by atoms with Gasteiger partial charge in [0.1, 0.15) is 5.82 Å². The fraction of sp³-hybridized carbons (Fsp3) is 0.750. The lowest BCUT2D eigenvalue weighted by Crippen LogP contribution is -2.26. The maximum atomic E-state index is 11.7. The Hall–Kier alpha value is -1.43.